The second-order valence-corrected chi connectivity index (χ2v) is 3.53. The van der Waals surface area contributed by atoms with Crippen LogP contribution >= 0.6 is 0 Å². The number of rotatable bonds is 3. The smallest absolute Gasteiger partial charge is 0.330 e. The topological polar surface area (TPSA) is 57.6 Å². The van der Waals surface area contributed by atoms with Crippen molar-refractivity contribution in [2.24, 2.45) is 0 Å². The Labute approximate surface area is 83.2 Å². The number of carboxylic acid groups (broad SMARTS) is 1. The summed E-state index contributed by atoms with van der Waals surface area (Å²) in [5, 5.41) is 8.61. The van der Waals surface area contributed by atoms with Gasteiger partial charge in [-0.15, -0.1) is 0 Å². The van der Waals surface area contributed by atoms with Gasteiger partial charge in [-0.05, 0) is 6.92 Å². The highest BCUT2D eigenvalue weighted by molar-refractivity contribution is 5.85. The molecule has 0 spiro atoms. The van der Waals surface area contributed by atoms with E-state index in [1.807, 2.05) is 0 Å². The highest BCUT2D eigenvalue weighted by atomic mass is 16.4. The Kier molecular flexibility index (Phi) is 3.83. The van der Waals surface area contributed by atoms with Crippen molar-refractivity contribution in [2.75, 3.05) is 19.6 Å². The van der Waals surface area contributed by atoms with Gasteiger partial charge in [0.15, 0.2) is 0 Å². The molecule has 78 valence electrons. The Morgan fingerprint density at radius 2 is 2.07 bits per heavy atom. The summed E-state index contributed by atoms with van der Waals surface area (Å²) in [4.78, 5) is 23.5. The molecule has 0 amide bonds. The minimum absolute atomic E-state index is 0.306. The van der Waals surface area contributed by atoms with Crippen molar-refractivity contribution in [3.8, 4) is 0 Å². The molecule has 0 bridgehead atoms. The Bertz CT molecular complexity index is 261. The van der Waals surface area contributed by atoms with Crippen LogP contribution in [0.25, 0.3) is 0 Å². The van der Waals surface area contributed by atoms with E-state index in [-0.39, 0.29) is 0 Å². The summed E-state index contributed by atoms with van der Waals surface area (Å²) in [5.41, 5.74) is 0.363. The van der Waals surface area contributed by atoms with Crippen molar-refractivity contribution in [3.05, 3.63) is 11.6 Å². The van der Waals surface area contributed by atoms with Gasteiger partial charge in [0.1, 0.15) is 5.78 Å². The van der Waals surface area contributed by atoms with E-state index in [4.69, 9.17) is 5.11 Å². The van der Waals surface area contributed by atoms with Gasteiger partial charge in [-0.1, -0.05) is 6.08 Å². The summed E-state index contributed by atoms with van der Waals surface area (Å²) in [6, 6.07) is 0. The quantitative estimate of drug-likeness (QED) is 0.676. The molecular weight excluding hydrogens is 182 g/mol. The Balaban J connectivity index is 2.35. The summed E-state index contributed by atoms with van der Waals surface area (Å²) < 4.78 is 0. The van der Waals surface area contributed by atoms with Gasteiger partial charge in [0.2, 0.25) is 0 Å². The Morgan fingerprint density at radius 3 is 2.57 bits per heavy atom. The van der Waals surface area contributed by atoms with Crippen LogP contribution in [0.4, 0.5) is 0 Å². The van der Waals surface area contributed by atoms with E-state index in [0.29, 0.717) is 30.7 Å². The zero-order valence-corrected chi connectivity index (χ0v) is 8.32. The fourth-order valence-electron chi connectivity index (χ4n) is 1.34. The van der Waals surface area contributed by atoms with Crippen LogP contribution in [0.1, 0.15) is 19.8 Å². The van der Waals surface area contributed by atoms with Crippen molar-refractivity contribution in [3.63, 3.8) is 0 Å². The van der Waals surface area contributed by atoms with Gasteiger partial charge >= 0.3 is 5.97 Å². The number of piperidine rings is 1. The fraction of sp³-hybridized carbons (Fsp3) is 0.600. The molecule has 14 heavy (non-hydrogen) atoms. The lowest BCUT2D eigenvalue weighted by atomic mass is 10.1. The van der Waals surface area contributed by atoms with Crippen LogP contribution in [0.2, 0.25) is 0 Å². The van der Waals surface area contributed by atoms with Gasteiger partial charge in [0, 0.05) is 38.0 Å². The van der Waals surface area contributed by atoms with Crippen LogP contribution in [0.15, 0.2) is 11.6 Å². The molecular formula is C10H15NO3. The number of carboxylic acids is 1. The zero-order chi connectivity index (χ0) is 10.6. The van der Waals surface area contributed by atoms with Crippen LogP contribution in [-0.4, -0.2) is 41.4 Å². The summed E-state index contributed by atoms with van der Waals surface area (Å²) in [5.74, 6) is -0.571. The van der Waals surface area contributed by atoms with Crippen molar-refractivity contribution in [1.82, 2.24) is 4.90 Å². The molecule has 0 unspecified atom stereocenters. The number of hydrogen-bond donors (Lipinski definition) is 1. The monoisotopic (exact) mass is 197 g/mol. The number of nitrogens with zero attached hydrogens (tertiary/aromatic N) is 1. The maximum atomic E-state index is 10.9. The van der Waals surface area contributed by atoms with E-state index in [1.165, 1.54) is 0 Å². The van der Waals surface area contributed by atoms with Gasteiger partial charge in [-0.25, -0.2) is 4.79 Å². The molecule has 1 aliphatic heterocycles. The second kappa shape index (κ2) is 4.91. The standard InChI is InChI=1S/C10H15NO3/c1-8(10(13)14)2-5-11-6-3-9(12)4-7-11/h2H,3-7H2,1H3,(H,13,14). The lowest BCUT2D eigenvalue weighted by Gasteiger charge is -2.24. The van der Waals surface area contributed by atoms with Gasteiger partial charge in [0.25, 0.3) is 0 Å². The Morgan fingerprint density at radius 1 is 1.50 bits per heavy atom. The first kappa shape index (κ1) is 10.9. The second-order valence-electron chi connectivity index (χ2n) is 3.53. The number of likely N-dealkylation sites (tertiary alicyclic amines) is 1. The van der Waals surface area contributed by atoms with Crippen molar-refractivity contribution in [2.45, 2.75) is 19.8 Å². The average Bonchev–Trinajstić information content (AvgIpc) is 2.16. The van der Waals surface area contributed by atoms with Gasteiger partial charge in [0.05, 0.1) is 0 Å². The minimum atomic E-state index is -0.877. The first-order valence-electron chi connectivity index (χ1n) is 4.73. The number of Topliss-reactive ketones (excluding diaryl/α,β-unsaturated/α-hetero) is 1. The van der Waals surface area contributed by atoms with Crippen LogP contribution in [-0.2, 0) is 9.59 Å². The van der Waals surface area contributed by atoms with E-state index in [2.05, 4.69) is 4.90 Å². The lowest BCUT2D eigenvalue weighted by molar-refractivity contribution is -0.132. The third-order valence-corrected chi connectivity index (χ3v) is 2.41. The van der Waals surface area contributed by atoms with Crippen LogP contribution in [0, 0.1) is 0 Å². The van der Waals surface area contributed by atoms with E-state index in [9.17, 15) is 9.59 Å². The summed E-state index contributed by atoms with van der Waals surface area (Å²) >= 11 is 0. The molecule has 1 fully saturated rings. The molecule has 4 nitrogen and oxygen atoms in total. The minimum Gasteiger partial charge on any atom is -0.478 e. The van der Waals surface area contributed by atoms with Crippen LogP contribution < -0.4 is 0 Å². The van der Waals surface area contributed by atoms with Crippen LogP contribution in [0.3, 0.4) is 0 Å². The molecule has 0 atom stereocenters. The third kappa shape index (κ3) is 3.30. The van der Waals surface area contributed by atoms with E-state index in [1.54, 1.807) is 13.0 Å². The maximum Gasteiger partial charge on any atom is 0.330 e. The summed E-state index contributed by atoms with van der Waals surface area (Å²) in [6.45, 7) is 3.72. The average molecular weight is 197 g/mol. The van der Waals surface area contributed by atoms with E-state index in [0.717, 1.165) is 13.1 Å². The highest BCUT2D eigenvalue weighted by Gasteiger charge is 2.14. The largest absolute Gasteiger partial charge is 0.478 e. The van der Waals surface area contributed by atoms with Crippen LogP contribution in [0.5, 0.6) is 0 Å². The zero-order valence-electron chi connectivity index (χ0n) is 8.32. The summed E-state index contributed by atoms with van der Waals surface area (Å²) in [7, 11) is 0. The molecule has 0 saturated carbocycles. The van der Waals surface area contributed by atoms with Gasteiger partial charge < -0.3 is 5.11 Å². The number of aliphatic carboxylic acids is 1. The molecule has 1 aliphatic rings. The normalized spacial score (nSPS) is 19.8. The predicted molar refractivity (Wildman–Crippen MR) is 52.1 cm³/mol. The maximum absolute atomic E-state index is 10.9. The van der Waals surface area contributed by atoms with Crippen molar-refractivity contribution >= 4 is 11.8 Å². The Hall–Kier alpha value is -1.16. The van der Waals surface area contributed by atoms with Gasteiger partial charge in [-0.2, -0.15) is 0 Å². The van der Waals surface area contributed by atoms with E-state index < -0.39 is 5.97 Å². The molecule has 0 aliphatic carbocycles. The highest BCUT2D eigenvalue weighted by Crippen LogP contribution is 2.05. The van der Waals surface area contributed by atoms with Gasteiger partial charge in [-0.3, -0.25) is 9.69 Å². The molecule has 1 heterocycles. The fourth-order valence-corrected chi connectivity index (χ4v) is 1.34. The molecule has 1 N–H and O–H groups in total. The molecule has 4 heteroatoms. The molecule has 1 saturated heterocycles. The molecule has 0 aromatic carbocycles. The first-order valence-corrected chi connectivity index (χ1v) is 4.73. The van der Waals surface area contributed by atoms with Crippen molar-refractivity contribution < 1.29 is 14.7 Å². The van der Waals surface area contributed by atoms with E-state index >= 15 is 0 Å². The number of carbonyl (C=O) groups excluding carboxylic acids is 1. The molecule has 1 rings (SSSR count). The SMILES string of the molecule is CC(=CCN1CCC(=O)CC1)C(=O)O. The number of carbonyl (C=O) groups is 2. The number of hydrogen-bond acceptors (Lipinski definition) is 3. The molecule has 0 aromatic rings. The lowest BCUT2D eigenvalue weighted by Crippen LogP contribution is -2.34. The predicted octanol–water partition coefficient (Wildman–Crippen LogP) is 0.682. The molecule has 0 radical (unpaired) electrons. The van der Waals surface area contributed by atoms with Crippen molar-refractivity contribution in [1.29, 1.82) is 0 Å². The number of ketones is 1. The summed E-state index contributed by atoms with van der Waals surface area (Å²) in [6.07, 6.45) is 2.89. The third-order valence-electron chi connectivity index (χ3n) is 2.41. The first-order chi connectivity index (χ1) is 6.59. The molecule has 0 aromatic heterocycles.